The number of aromatic amines is 1. The Bertz CT molecular complexity index is 293. The summed E-state index contributed by atoms with van der Waals surface area (Å²) in [6, 6.07) is 0. The minimum absolute atomic E-state index is 0.478. The molecule has 0 atom stereocenters. The lowest BCUT2D eigenvalue weighted by atomic mass is 9.96. The standard InChI is InChI=1S/C9H13ClN2O.C2H6/c1-6-8(10)9(12-11-6)7-2-4-13-5-3-7;1-2/h7H,2-5H2,1H3,(H,11,12);1-2H3. The number of rotatable bonds is 1. The van der Waals surface area contributed by atoms with Crippen LogP contribution in [0.5, 0.6) is 0 Å². The summed E-state index contributed by atoms with van der Waals surface area (Å²) in [7, 11) is 0. The van der Waals surface area contributed by atoms with E-state index in [1.807, 2.05) is 20.8 Å². The van der Waals surface area contributed by atoms with Gasteiger partial charge in [0.05, 0.1) is 16.4 Å². The molecule has 0 bridgehead atoms. The normalized spacial score (nSPS) is 17.1. The quantitative estimate of drug-likeness (QED) is 0.804. The maximum Gasteiger partial charge on any atom is 0.0847 e. The van der Waals surface area contributed by atoms with Gasteiger partial charge in [0, 0.05) is 19.1 Å². The minimum atomic E-state index is 0.478. The summed E-state index contributed by atoms with van der Waals surface area (Å²) in [6.45, 7) is 7.60. The second-order valence-corrected chi connectivity index (χ2v) is 3.81. The Kier molecular flexibility index (Phi) is 5.12. The number of H-pyrrole nitrogens is 1. The molecule has 0 aromatic carbocycles. The van der Waals surface area contributed by atoms with Crippen molar-refractivity contribution in [1.29, 1.82) is 0 Å². The van der Waals surface area contributed by atoms with Crippen LogP contribution in [0.4, 0.5) is 0 Å². The first-order chi connectivity index (χ1) is 7.29. The number of hydrogen-bond donors (Lipinski definition) is 1. The number of aryl methyl sites for hydroxylation is 1. The van der Waals surface area contributed by atoms with Crippen LogP contribution in [0.1, 0.15) is 44.0 Å². The van der Waals surface area contributed by atoms with Crippen LogP contribution in [0, 0.1) is 6.92 Å². The van der Waals surface area contributed by atoms with Gasteiger partial charge in [0.2, 0.25) is 0 Å². The molecule has 1 aliphatic heterocycles. The molecule has 15 heavy (non-hydrogen) atoms. The molecule has 0 saturated carbocycles. The average molecular weight is 231 g/mol. The van der Waals surface area contributed by atoms with E-state index in [-0.39, 0.29) is 0 Å². The van der Waals surface area contributed by atoms with E-state index in [0.29, 0.717) is 5.92 Å². The fraction of sp³-hybridized carbons (Fsp3) is 0.727. The molecule has 1 N–H and O–H groups in total. The van der Waals surface area contributed by atoms with Crippen molar-refractivity contribution < 1.29 is 4.74 Å². The van der Waals surface area contributed by atoms with E-state index in [0.717, 1.165) is 42.5 Å². The molecular weight excluding hydrogens is 212 g/mol. The Morgan fingerprint density at radius 3 is 2.40 bits per heavy atom. The lowest BCUT2D eigenvalue weighted by molar-refractivity contribution is 0.0845. The summed E-state index contributed by atoms with van der Waals surface area (Å²) in [5, 5.41) is 7.94. The van der Waals surface area contributed by atoms with Gasteiger partial charge in [-0.25, -0.2) is 0 Å². The molecule has 0 spiro atoms. The van der Waals surface area contributed by atoms with Crippen LogP contribution in [0.3, 0.4) is 0 Å². The van der Waals surface area contributed by atoms with Crippen LogP contribution >= 0.6 is 11.6 Å². The van der Waals surface area contributed by atoms with Crippen LogP contribution in [-0.4, -0.2) is 23.4 Å². The number of ether oxygens (including phenoxy) is 1. The maximum absolute atomic E-state index is 6.11. The number of hydrogen-bond acceptors (Lipinski definition) is 2. The number of aromatic nitrogens is 2. The van der Waals surface area contributed by atoms with E-state index in [4.69, 9.17) is 16.3 Å². The summed E-state index contributed by atoms with van der Waals surface area (Å²) >= 11 is 6.11. The van der Waals surface area contributed by atoms with Crippen molar-refractivity contribution in [2.24, 2.45) is 0 Å². The van der Waals surface area contributed by atoms with Gasteiger partial charge < -0.3 is 4.74 Å². The van der Waals surface area contributed by atoms with E-state index in [2.05, 4.69) is 10.2 Å². The topological polar surface area (TPSA) is 37.9 Å². The van der Waals surface area contributed by atoms with Gasteiger partial charge in [-0.1, -0.05) is 25.4 Å². The van der Waals surface area contributed by atoms with Crippen molar-refractivity contribution in [3.63, 3.8) is 0 Å². The van der Waals surface area contributed by atoms with Gasteiger partial charge in [-0.15, -0.1) is 0 Å². The molecule has 2 heterocycles. The molecule has 86 valence electrons. The van der Waals surface area contributed by atoms with E-state index in [1.54, 1.807) is 0 Å². The van der Waals surface area contributed by atoms with Gasteiger partial charge >= 0.3 is 0 Å². The molecule has 1 fully saturated rings. The van der Waals surface area contributed by atoms with E-state index in [9.17, 15) is 0 Å². The van der Waals surface area contributed by atoms with E-state index >= 15 is 0 Å². The molecule has 0 amide bonds. The highest BCUT2D eigenvalue weighted by molar-refractivity contribution is 6.31. The Labute approximate surface area is 96.2 Å². The Morgan fingerprint density at radius 2 is 1.93 bits per heavy atom. The first kappa shape index (κ1) is 12.5. The first-order valence-corrected chi connectivity index (χ1v) is 5.95. The maximum atomic E-state index is 6.11. The number of nitrogens with zero attached hydrogens (tertiary/aromatic N) is 1. The smallest absolute Gasteiger partial charge is 0.0847 e. The van der Waals surface area contributed by atoms with E-state index < -0.39 is 0 Å². The van der Waals surface area contributed by atoms with Gasteiger partial charge in [-0.3, -0.25) is 5.10 Å². The predicted molar refractivity (Wildman–Crippen MR) is 62.5 cm³/mol. The lowest BCUT2D eigenvalue weighted by Crippen LogP contribution is -2.14. The lowest BCUT2D eigenvalue weighted by Gasteiger charge is -2.20. The zero-order valence-electron chi connectivity index (χ0n) is 9.64. The first-order valence-electron chi connectivity index (χ1n) is 5.57. The molecule has 1 saturated heterocycles. The van der Waals surface area contributed by atoms with Gasteiger partial charge in [-0.05, 0) is 19.8 Å². The Hall–Kier alpha value is -0.540. The highest BCUT2D eigenvalue weighted by Crippen LogP contribution is 2.31. The Balaban J connectivity index is 0.000000531. The molecular formula is C11H19ClN2O. The molecule has 1 aromatic heterocycles. The van der Waals surface area contributed by atoms with Crippen molar-refractivity contribution in [2.75, 3.05) is 13.2 Å². The largest absolute Gasteiger partial charge is 0.381 e. The van der Waals surface area contributed by atoms with Gasteiger partial charge in [0.25, 0.3) is 0 Å². The average Bonchev–Trinajstić information content (AvgIpc) is 2.64. The van der Waals surface area contributed by atoms with Crippen LogP contribution in [0.2, 0.25) is 5.02 Å². The molecule has 1 aliphatic rings. The molecule has 0 unspecified atom stereocenters. The third-order valence-corrected chi connectivity index (χ3v) is 2.98. The molecule has 4 heteroatoms. The summed E-state index contributed by atoms with van der Waals surface area (Å²) in [5.41, 5.74) is 1.98. The second kappa shape index (κ2) is 6.13. The zero-order chi connectivity index (χ0) is 11.3. The van der Waals surface area contributed by atoms with Crippen molar-refractivity contribution in [2.45, 2.75) is 39.5 Å². The highest BCUT2D eigenvalue weighted by atomic mass is 35.5. The highest BCUT2D eigenvalue weighted by Gasteiger charge is 2.21. The van der Waals surface area contributed by atoms with Crippen LogP contribution in [-0.2, 0) is 4.74 Å². The minimum Gasteiger partial charge on any atom is -0.381 e. The van der Waals surface area contributed by atoms with Gasteiger partial charge in [0.1, 0.15) is 0 Å². The molecule has 3 nitrogen and oxygen atoms in total. The van der Waals surface area contributed by atoms with Crippen LogP contribution in [0.25, 0.3) is 0 Å². The van der Waals surface area contributed by atoms with Gasteiger partial charge in [0.15, 0.2) is 0 Å². The van der Waals surface area contributed by atoms with Crippen LogP contribution in [0.15, 0.2) is 0 Å². The molecule has 0 aliphatic carbocycles. The summed E-state index contributed by atoms with van der Waals surface area (Å²) in [4.78, 5) is 0. The summed E-state index contributed by atoms with van der Waals surface area (Å²) in [5.74, 6) is 0.478. The summed E-state index contributed by atoms with van der Waals surface area (Å²) < 4.78 is 5.29. The SMILES string of the molecule is CC.Cc1[nH]nc(C2CCOCC2)c1Cl. The molecule has 0 radical (unpaired) electrons. The molecule has 2 rings (SSSR count). The van der Waals surface area contributed by atoms with Gasteiger partial charge in [-0.2, -0.15) is 5.10 Å². The van der Waals surface area contributed by atoms with Crippen molar-refractivity contribution in [1.82, 2.24) is 10.2 Å². The summed E-state index contributed by atoms with van der Waals surface area (Å²) in [6.07, 6.45) is 2.06. The third kappa shape index (κ3) is 2.95. The molecule has 1 aromatic rings. The fourth-order valence-electron chi connectivity index (χ4n) is 1.68. The predicted octanol–water partition coefficient (Wildman–Crippen LogP) is 3.29. The van der Waals surface area contributed by atoms with E-state index in [1.165, 1.54) is 0 Å². The second-order valence-electron chi connectivity index (χ2n) is 3.43. The fourth-order valence-corrected chi connectivity index (χ4v) is 1.91. The van der Waals surface area contributed by atoms with Crippen molar-refractivity contribution in [3.8, 4) is 0 Å². The van der Waals surface area contributed by atoms with Crippen molar-refractivity contribution >= 4 is 11.6 Å². The number of halogens is 1. The van der Waals surface area contributed by atoms with Crippen molar-refractivity contribution in [3.05, 3.63) is 16.4 Å². The number of nitrogens with one attached hydrogen (secondary N) is 1. The monoisotopic (exact) mass is 230 g/mol. The zero-order valence-corrected chi connectivity index (χ0v) is 10.4. The Morgan fingerprint density at radius 1 is 1.33 bits per heavy atom. The van der Waals surface area contributed by atoms with Crippen LogP contribution < -0.4 is 0 Å². The third-order valence-electron chi connectivity index (χ3n) is 2.51.